The molecule has 0 aliphatic rings. The van der Waals surface area contributed by atoms with Gasteiger partial charge < -0.3 is 10.1 Å². The van der Waals surface area contributed by atoms with Crippen LogP contribution in [0.25, 0.3) is 0 Å². The molecule has 2 aromatic rings. The van der Waals surface area contributed by atoms with Crippen molar-refractivity contribution in [2.24, 2.45) is 0 Å². The molecule has 8 heteroatoms. The van der Waals surface area contributed by atoms with Crippen LogP contribution in [0.5, 0.6) is 5.75 Å². The number of carbonyl (C=O) groups excluding carboxylic acids is 1. The minimum absolute atomic E-state index is 0.0485. The van der Waals surface area contributed by atoms with Crippen LogP contribution < -0.4 is 14.8 Å². The first-order chi connectivity index (χ1) is 11.3. The first-order valence-electron chi connectivity index (χ1n) is 7.05. The highest BCUT2D eigenvalue weighted by Gasteiger charge is 2.23. The molecule has 0 radical (unpaired) electrons. The predicted octanol–water partition coefficient (Wildman–Crippen LogP) is 2.65. The Hall–Kier alpha value is -2.09. The molecule has 24 heavy (non-hydrogen) atoms. The monoisotopic (exact) mass is 368 g/mol. The molecule has 2 aromatic carbocycles. The quantitative estimate of drug-likeness (QED) is 0.820. The summed E-state index contributed by atoms with van der Waals surface area (Å²) in [6.45, 7) is 1.46. The Kier molecular flexibility index (Phi) is 5.82. The lowest BCUT2D eigenvalue weighted by molar-refractivity contribution is -0.117. The lowest BCUT2D eigenvalue weighted by Crippen LogP contribution is -2.41. The van der Waals surface area contributed by atoms with Crippen molar-refractivity contribution in [2.45, 2.75) is 17.9 Å². The third-order valence-corrected chi connectivity index (χ3v) is 5.03. The fourth-order valence-electron chi connectivity index (χ4n) is 1.94. The van der Waals surface area contributed by atoms with Crippen molar-refractivity contribution in [2.75, 3.05) is 12.4 Å². The minimum atomic E-state index is -3.90. The number of sulfonamides is 1. The van der Waals surface area contributed by atoms with Gasteiger partial charge in [-0.25, -0.2) is 8.42 Å². The second kappa shape index (κ2) is 7.65. The molecule has 1 amide bonds. The largest absolute Gasteiger partial charge is 0.495 e. The highest BCUT2D eigenvalue weighted by atomic mass is 35.5. The summed E-state index contributed by atoms with van der Waals surface area (Å²) < 4.78 is 32.0. The van der Waals surface area contributed by atoms with Crippen molar-refractivity contribution in [3.05, 3.63) is 53.6 Å². The molecule has 0 aliphatic heterocycles. The topological polar surface area (TPSA) is 84.5 Å². The summed E-state index contributed by atoms with van der Waals surface area (Å²) in [5, 5.41) is 2.80. The molecule has 0 bridgehead atoms. The molecule has 1 atom stereocenters. The van der Waals surface area contributed by atoms with Crippen LogP contribution >= 0.6 is 11.6 Å². The van der Waals surface area contributed by atoms with Gasteiger partial charge in [0.15, 0.2) is 0 Å². The molecule has 0 unspecified atom stereocenters. The summed E-state index contributed by atoms with van der Waals surface area (Å²) in [6, 6.07) is 11.9. The number of benzene rings is 2. The van der Waals surface area contributed by atoms with Crippen LogP contribution in [0.15, 0.2) is 53.4 Å². The molecule has 2 rings (SSSR count). The van der Waals surface area contributed by atoms with Gasteiger partial charge in [0.05, 0.1) is 23.1 Å². The Balaban J connectivity index is 2.10. The summed E-state index contributed by atoms with van der Waals surface area (Å²) in [5.41, 5.74) is 0.584. The van der Waals surface area contributed by atoms with Crippen molar-refractivity contribution >= 4 is 33.2 Å². The van der Waals surface area contributed by atoms with Crippen LogP contribution in [0.3, 0.4) is 0 Å². The number of hydrogen-bond donors (Lipinski definition) is 2. The van der Waals surface area contributed by atoms with E-state index in [-0.39, 0.29) is 9.92 Å². The lowest BCUT2D eigenvalue weighted by Gasteiger charge is -2.15. The van der Waals surface area contributed by atoms with E-state index in [1.54, 1.807) is 24.3 Å². The summed E-state index contributed by atoms with van der Waals surface area (Å²) in [5.74, 6) is -0.102. The zero-order chi connectivity index (χ0) is 17.7. The number of nitrogens with one attached hydrogen (secondary N) is 2. The number of ether oxygens (including phenoxy) is 1. The molecule has 0 saturated carbocycles. The van der Waals surface area contributed by atoms with E-state index in [1.807, 2.05) is 6.07 Å². The highest BCUT2D eigenvalue weighted by Crippen LogP contribution is 2.26. The molecule has 0 spiro atoms. The Morgan fingerprint density at radius 2 is 1.83 bits per heavy atom. The number of halogens is 1. The van der Waals surface area contributed by atoms with Crippen molar-refractivity contribution in [1.82, 2.24) is 4.72 Å². The number of amides is 1. The van der Waals surface area contributed by atoms with Crippen LogP contribution in [-0.2, 0) is 14.8 Å². The van der Waals surface area contributed by atoms with Gasteiger partial charge in [0.25, 0.3) is 0 Å². The number of rotatable bonds is 6. The summed E-state index contributed by atoms with van der Waals surface area (Å²) in [7, 11) is -2.46. The Labute approximate surface area is 145 Å². The summed E-state index contributed by atoms with van der Waals surface area (Å²) in [4.78, 5) is 12.1. The third-order valence-electron chi connectivity index (χ3n) is 3.20. The Bertz CT molecular complexity index is 825. The molecule has 0 heterocycles. The molecule has 0 saturated heterocycles. The average Bonchev–Trinajstić information content (AvgIpc) is 2.55. The molecular weight excluding hydrogens is 352 g/mol. The van der Waals surface area contributed by atoms with Crippen LogP contribution in [0.1, 0.15) is 6.92 Å². The van der Waals surface area contributed by atoms with E-state index in [4.69, 9.17) is 16.3 Å². The summed E-state index contributed by atoms with van der Waals surface area (Å²) >= 11 is 5.95. The maximum Gasteiger partial charge on any atom is 0.242 e. The van der Waals surface area contributed by atoms with Crippen LogP contribution in [0.4, 0.5) is 5.69 Å². The smallest absolute Gasteiger partial charge is 0.242 e. The maximum absolute atomic E-state index is 12.4. The number of anilines is 1. The van der Waals surface area contributed by atoms with E-state index in [2.05, 4.69) is 10.0 Å². The fraction of sp³-hybridized carbons (Fsp3) is 0.188. The van der Waals surface area contributed by atoms with E-state index in [9.17, 15) is 13.2 Å². The number of hydrogen-bond acceptors (Lipinski definition) is 4. The lowest BCUT2D eigenvalue weighted by atomic mass is 10.3. The summed E-state index contributed by atoms with van der Waals surface area (Å²) in [6.07, 6.45) is 0. The molecular formula is C16H17ClN2O4S. The first-order valence-corrected chi connectivity index (χ1v) is 8.91. The molecule has 2 N–H and O–H groups in total. The maximum atomic E-state index is 12.4. The second-order valence-electron chi connectivity index (χ2n) is 4.99. The van der Waals surface area contributed by atoms with E-state index >= 15 is 0 Å². The van der Waals surface area contributed by atoms with Gasteiger partial charge in [-0.3, -0.25) is 4.79 Å². The van der Waals surface area contributed by atoms with E-state index in [1.165, 1.54) is 32.2 Å². The minimum Gasteiger partial charge on any atom is -0.495 e. The van der Waals surface area contributed by atoms with Gasteiger partial charge in [0.2, 0.25) is 15.9 Å². The van der Waals surface area contributed by atoms with E-state index in [0.29, 0.717) is 11.4 Å². The fourth-order valence-corrected chi connectivity index (χ4v) is 3.49. The first kappa shape index (κ1) is 18.3. The molecule has 0 fully saturated rings. The normalized spacial score (nSPS) is 12.5. The van der Waals surface area contributed by atoms with Gasteiger partial charge in [0.1, 0.15) is 5.75 Å². The van der Waals surface area contributed by atoms with Crippen molar-refractivity contribution < 1.29 is 17.9 Å². The zero-order valence-electron chi connectivity index (χ0n) is 13.1. The SMILES string of the molecule is COc1ccc(S(=O)(=O)N[C@@H](C)C(=O)Nc2ccccc2)cc1Cl. The standard InChI is InChI=1S/C16H17ClN2O4S/c1-11(16(20)18-12-6-4-3-5-7-12)19-24(21,22)13-8-9-15(23-2)14(17)10-13/h3-11,19H,1-2H3,(H,18,20)/t11-/m0/s1. The molecule has 6 nitrogen and oxygen atoms in total. The number of para-hydroxylation sites is 1. The van der Waals surface area contributed by atoms with Gasteiger partial charge in [0, 0.05) is 5.69 Å². The Morgan fingerprint density at radius 3 is 2.42 bits per heavy atom. The van der Waals surface area contributed by atoms with Crippen LogP contribution in [-0.4, -0.2) is 27.5 Å². The van der Waals surface area contributed by atoms with Gasteiger partial charge in [-0.15, -0.1) is 0 Å². The second-order valence-corrected chi connectivity index (χ2v) is 7.12. The zero-order valence-corrected chi connectivity index (χ0v) is 14.7. The van der Waals surface area contributed by atoms with Gasteiger partial charge in [-0.2, -0.15) is 4.72 Å². The van der Waals surface area contributed by atoms with Crippen molar-refractivity contribution in [3.63, 3.8) is 0 Å². The van der Waals surface area contributed by atoms with E-state index < -0.39 is 22.0 Å². The van der Waals surface area contributed by atoms with Gasteiger partial charge in [-0.1, -0.05) is 29.8 Å². The molecule has 0 aromatic heterocycles. The molecule has 128 valence electrons. The predicted molar refractivity (Wildman–Crippen MR) is 92.9 cm³/mol. The van der Waals surface area contributed by atoms with Gasteiger partial charge in [-0.05, 0) is 37.3 Å². The molecule has 0 aliphatic carbocycles. The van der Waals surface area contributed by atoms with E-state index in [0.717, 1.165) is 0 Å². The number of methoxy groups -OCH3 is 1. The van der Waals surface area contributed by atoms with Crippen LogP contribution in [0.2, 0.25) is 5.02 Å². The van der Waals surface area contributed by atoms with Crippen molar-refractivity contribution in [1.29, 1.82) is 0 Å². The highest BCUT2D eigenvalue weighted by molar-refractivity contribution is 7.89. The van der Waals surface area contributed by atoms with Crippen molar-refractivity contribution in [3.8, 4) is 5.75 Å². The number of carbonyl (C=O) groups is 1. The average molecular weight is 369 g/mol. The third kappa shape index (κ3) is 4.47. The Morgan fingerprint density at radius 1 is 1.17 bits per heavy atom. The van der Waals surface area contributed by atoms with Crippen LogP contribution in [0, 0.1) is 0 Å². The van der Waals surface area contributed by atoms with Gasteiger partial charge >= 0.3 is 0 Å².